The fraction of sp³-hybridized carbons (Fsp3) is 0.133. The van der Waals surface area contributed by atoms with Gasteiger partial charge < -0.3 is 10.2 Å². The molecule has 1 amide bonds. The lowest BCUT2D eigenvalue weighted by Gasteiger charge is -2.13. The van der Waals surface area contributed by atoms with E-state index in [1.807, 2.05) is 31.1 Å². The second-order valence-corrected chi connectivity index (χ2v) is 5.78. The van der Waals surface area contributed by atoms with Crippen molar-refractivity contribution in [2.75, 3.05) is 24.3 Å². The van der Waals surface area contributed by atoms with Crippen molar-refractivity contribution < 1.29 is 9.72 Å². The molecule has 0 spiro atoms. The summed E-state index contributed by atoms with van der Waals surface area (Å²) in [7, 11) is 3.79. The van der Waals surface area contributed by atoms with Crippen LogP contribution in [-0.4, -0.2) is 24.9 Å². The largest absolute Gasteiger partial charge is 0.378 e. The van der Waals surface area contributed by atoms with Crippen molar-refractivity contribution in [2.24, 2.45) is 0 Å². The highest BCUT2D eigenvalue weighted by atomic mass is 35.5. The Bertz CT molecular complexity index is 761. The molecule has 0 fully saturated rings. The molecule has 2 rings (SSSR count). The van der Waals surface area contributed by atoms with E-state index in [1.165, 1.54) is 12.1 Å². The van der Waals surface area contributed by atoms with Gasteiger partial charge >= 0.3 is 5.69 Å². The SMILES string of the molecule is CN(C)c1ccc(NC(=O)c2cc(Cl)cc(Cl)c2[N+](=O)[O-])cc1. The van der Waals surface area contributed by atoms with Crippen LogP contribution in [0.15, 0.2) is 36.4 Å². The second kappa shape index (κ2) is 6.85. The minimum absolute atomic E-state index is 0.147. The van der Waals surface area contributed by atoms with E-state index in [2.05, 4.69) is 5.32 Å². The Morgan fingerprint density at radius 1 is 1.17 bits per heavy atom. The van der Waals surface area contributed by atoms with Crippen molar-refractivity contribution in [1.82, 2.24) is 0 Å². The second-order valence-electron chi connectivity index (χ2n) is 4.94. The minimum Gasteiger partial charge on any atom is -0.378 e. The number of nitrogens with one attached hydrogen (secondary N) is 1. The van der Waals surface area contributed by atoms with Gasteiger partial charge in [-0.1, -0.05) is 23.2 Å². The third kappa shape index (κ3) is 3.91. The van der Waals surface area contributed by atoms with Crippen LogP contribution >= 0.6 is 23.2 Å². The minimum atomic E-state index is -0.706. The quantitative estimate of drug-likeness (QED) is 0.659. The molecule has 6 nitrogen and oxygen atoms in total. The molecule has 0 aliphatic carbocycles. The first-order chi connectivity index (χ1) is 10.8. The van der Waals surface area contributed by atoms with Gasteiger partial charge in [-0.05, 0) is 36.4 Å². The Hall–Kier alpha value is -2.31. The molecular weight excluding hydrogens is 341 g/mol. The van der Waals surface area contributed by atoms with E-state index in [1.54, 1.807) is 12.1 Å². The summed E-state index contributed by atoms with van der Waals surface area (Å²) in [6.07, 6.45) is 0. The van der Waals surface area contributed by atoms with E-state index in [9.17, 15) is 14.9 Å². The van der Waals surface area contributed by atoms with E-state index < -0.39 is 16.5 Å². The average molecular weight is 354 g/mol. The Labute approximate surface area is 142 Å². The van der Waals surface area contributed by atoms with Crippen LogP contribution in [0.2, 0.25) is 10.0 Å². The summed E-state index contributed by atoms with van der Waals surface area (Å²) < 4.78 is 0. The van der Waals surface area contributed by atoms with Gasteiger partial charge in [-0.3, -0.25) is 14.9 Å². The predicted octanol–water partition coefficient (Wildman–Crippen LogP) is 4.22. The number of hydrogen-bond donors (Lipinski definition) is 1. The zero-order valence-corrected chi connectivity index (χ0v) is 13.9. The highest BCUT2D eigenvalue weighted by molar-refractivity contribution is 6.37. The zero-order valence-electron chi connectivity index (χ0n) is 12.3. The maximum absolute atomic E-state index is 12.3. The number of hydrogen-bond acceptors (Lipinski definition) is 4. The van der Waals surface area contributed by atoms with E-state index in [0.717, 1.165) is 5.69 Å². The molecule has 0 radical (unpaired) electrons. The van der Waals surface area contributed by atoms with Gasteiger partial charge in [-0.2, -0.15) is 0 Å². The number of anilines is 2. The smallest absolute Gasteiger partial charge is 0.300 e. The number of halogens is 2. The summed E-state index contributed by atoms with van der Waals surface area (Å²) >= 11 is 11.7. The Morgan fingerprint density at radius 3 is 2.30 bits per heavy atom. The Morgan fingerprint density at radius 2 is 1.78 bits per heavy atom. The van der Waals surface area contributed by atoms with Gasteiger partial charge in [0.2, 0.25) is 0 Å². The van der Waals surface area contributed by atoms with Crippen LogP contribution in [0.3, 0.4) is 0 Å². The van der Waals surface area contributed by atoms with Gasteiger partial charge in [0, 0.05) is 30.5 Å². The van der Waals surface area contributed by atoms with Crippen LogP contribution in [0, 0.1) is 10.1 Å². The van der Waals surface area contributed by atoms with Crippen LogP contribution in [0.25, 0.3) is 0 Å². The topological polar surface area (TPSA) is 75.5 Å². The number of rotatable bonds is 4. The molecule has 0 atom stereocenters. The van der Waals surface area contributed by atoms with Crippen molar-refractivity contribution in [3.05, 3.63) is 62.1 Å². The molecule has 23 heavy (non-hydrogen) atoms. The predicted molar refractivity (Wildman–Crippen MR) is 91.8 cm³/mol. The average Bonchev–Trinajstić information content (AvgIpc) is 2.46. The third-order valence-electron chi connectivity index (χ3n) is 3.10. The first-order valence-electron chi connectivity index (χ1n) is 6.51. The lowest BCUT2D eigenvalue weighted by Crippen LogP contribution is -2.14. The lowest BCUT2D eigenvalue weighted by molar-refractivity contribution is -0.385. The van der Waals surface area contributed by atoms with Crippen molar-refractivity contribution in [3.8, 4) is 0 Å². The van der Waals surface area contributed by atoms with Gasteiger partial charge in [0.05, 0.1) is 4.92 Å². The maximum atomic E-state index is 12.3. The van der Waals surface area contributed by atoms with Gasteiger partial charge in [-0.15, -0.1) is 0 Å². The number of nitro benzene ring substituents is 1. The Balaban J connectivity index is 2.32. The van der Waals surface area contributed by atoms with Crippen molar-refractivity contribution in [1.29, 1.82) is 0 Å². The maximum Gasteiger partial charge on any atom is 0.300 e. The fourth-order valence-electron chi connectivity index (χ4n) is 1.97. The summed E-state index contributed by atoms with van der Waals surface area (Å²) in [5.74, 6) is -0.654. The van der Waals surface area contributed by atoms with Crippen LogP contribution in [-0.2, 0) is 0 Å². The van der Waals surface area contributed by atoms with Gasteiger partial charge in [0.25, 0.3) is 5.91 Å². The monoisotopic (exact) mass is 353 g/mol. The standard InChI is InChI=1S/C15H13Cl2N3O3/c1-19(2)11-5-3-10(4-6-11)18-15(21)12-7-9(16)8-13(17)14(12)20(22)23/h3-8H,1-2H3,(H,18,21). The fourth-order valence-corrected chi connectivity index (χ4v) is 2.53. The van der Waals surface area contributed by atoms with E-state index in [-0.39, 0.29) is 15.6 Å². The highest BCUT2D eigenvalue weighted by Crippen LogP contribution is 2.32. The van der Waals surface area contributed by atoms with E-state index in [4.69, 9.17) is 23.2 Å². The number of carbonyl (C=O) groups is 1. The lowest BCUT2D eigenvalue weighted by atomic mass is 10.1. The highest BCUT2D eigenvalue weighted by Gasteiger charge is 2.25. The van der Waals surface area contributed by atoms with Crippen LogP contribution < -0.4 is 10.2 Å². The van der Waals surface area contributed by atoms with E-state index in [0.29, 0.717) is 5.69 Å². The molecule has 0 saturated heterocycles. The molecule has 0 aliphatic rings. The number of nitro groups is 1. The molecule has 0 unspecified atom stereocenters. The van der Waals surface area contributed by atoms with Gasteiger partial charge in [0.15, 0.2) is 0 Å². The first-order valence-corrected chi connectivity index (χ1v) is 7.27. The van der Waals surface area contributed by atoms with Crippen LogP contribution in [0.1, 0.15) is 10.4 Å². The summed E-state index contributed by atoms with van der Waals surface area (Å²) in [5, 5.41) is 13.7. The van der Waals surface area contributed by atoms with Crippen molar-refractivity contribution in [2.45, 2.75) is 0 Å². The molecule has 0 bridgehead atoms. The molecule has 0 aromatic heterocycles. The van der Waals surface area contributed by atoms with Crippen LogP contribution in [0.4, 0.5) is 17.1 Å². The summed E-state index contributed by atoms with van der Waals surface area (Å²) in [4.78, 5) is 24.6. The summed E-state index contributed by atoms with van der Waals surface area (Å²) in [5.41, 5.74) is 0.799. The molecule has 120 valence electrons. The number of benzene rings is 2. The number of carbonyl (C=O) groups excluding carboxylic acids is 1. The molecule has 0 saturated carbocycles. The normalized spacial score (nSPS) is 10.3. The molecule has 2 aromatic rings. The van der Waals surface area contributed by atoms with Gasteiger partial charge in [0.1, 0.15) is 10.6 Å². The molecule has 0 heterocycles. The van der Waals surface area contributed by atoms with Crippen LogP contribution in [0.5, 0.6) is 0 Å². The third-order valence-corrected chi connectivity index (χ3v) is 3.60. The van der Waals surface area contributed by atoms with Crippen molar-refractivity contribution >= 4 is 46.2 Å². The summed E-state index contributed by atoms with van der Waals surface area (Å²) in [6, 6.07) is 9.47. The number of nitrogens with zero attached hydrogens (tertiary/aromatic N) is 2. The number of amides is 1. The summed E-state index contributed by atoms with van der Waals surface area (Å²) in [6.45, 7) is 0. The first kappa shape index (κ1) is 17.1. The molecular formula is C15H13Cl2N3O3. The Kier molecular flexibility index (Phi) is 5.08. The van der Waals surface area contributed by atoms with Gasteiger partial charge in [-0.25, -0.2) is 0 Å². The van der Waals surface area contributed by atoms with E-state index >= 15 is 0 Å². The molecule has 8 heteroatoms. The zero-order chi connectivity index (χ0) is 17.1. The molecule has 2 aromatic carbocycles. The molecule has 1 N–H and O–H groups in total. The molecule has 0 aliphatic heterocycles. The van der Waals surface area contributed by atoms with Crippen molar-refractivity contribution in [3.63, 3.8) is 0 Å².